The molecule has 0 saturated carbocycles. The summed E-state index contributed by atoms with van der Waals surface area (Å²) < 4.78 is 846. The van der Waals surface area contributed by atoms with Crippen LogP contribution >= 0.6 is 0 Å². The fraction of sp³-hybridized carbons (Fsp3) is 0.641. The number of fused-ring (bicyclic) bond motifs is 18. The van der Waals surface area contributed by atoms with E-state index in [0.717, 1.165) is 21.8 Å². The first kappa shape index (κ1) is 38.8. The highest BCUT2D eigenvalue weighted by Gasteiger charge is 2.47. The summed E-state index contributed by atoms with van der Waals surface area (Å²) in [4.78, 5) is 84.9. The van der Waals surface area contributed by atoms with Gasteiger partial charge in [-0.1, -0.05) is 102 Å². The molecule has 0 aromatic heterocycles. The molecule has 0 aliphatic carbocycles. The molecule has 12 aliphatic heterocycles. The number of carbonyl (C=O) groups excluding carboxylic acids is 6. The molecule has 0 spiro atoms. The number of hydrogen-bond donors (Lipinski definition) is 0. The van der Waals surface area contributed by atoms with Crippen LogP contribution in [0.25, 0.3) is 0 Å². The number of piperidine rings is 6. The first-order valence-electron chi connectivity index (χ1n) is 92.1. The maximum Gasteiger partial charge on any atom is 0.161 e. The number of Topliss-reactive ketones (excluding diaryl/α,β-unsaturated/α-hetero) is 6. The van der Waals surface area contributed by atoms with Crippen LogP contribution in [0.4, 0.5) is 0 Å². The molecule has 12 aliphatic rings. The van der Waals surface area contributed by atoms with Gasteiger partial charge in [-0.05, 0) is 252 Å². The normalized spacial score (nSPS) is 44.7. The highest BCUT2D eigenvalue weighted by molar-refractivity contribution is 5.86. The molecular formula is C117H168N6O18. The van der Waals surface area contributed by atoms with E-state index < -0.39 is 551 Å². The first-order valence-corrected chi connectivity index (χ1v) is 43.6. The summed E-state index contributed by atoms with van der Waals surface area (Å²) in [5.74, 6) is -45.2. The van der Waals surface area contributed by atoms with Gasteiger partial charge in [-0.25, -0.2) is 0 Å². The number of rotatable bonds is 27. The highest BCUT2D eigenvalue weighted by atomic mass is 16.5. The van der Waals surface area contributed by atoms with Gasteiger partial charge < -0.3 is 56.8 Å². The lowest BCUT2D eigenvalue weighted by Gasteiger charge is -2.43. The van der Waals surface area contributed by atoms with Crippen molar-refractivity contribution >= 4 is 34.7 Å². The summed E-state index contributed by atoms with van der Waals surface area (Å²) in [5, 5.41) is 0. The summed E-state index contributed by atoms with van der Waals surface area (Å²) in [6.07, 6.45) is -44.1. The summed E-state index contributed by atoms with van der Waals surface area (Å²) in [5.41, 5.74) is -6.53. The smallest absolute Gasteiger partial charge is 0.161 e. The van der Waals surface area contributed by atoms with Crippen LogP contribution in [0.3, 0.4) is 0 Å². The minimum Gasteiger partial charge on any atom is -0.493 e. The van der Waals surface area contributed by atoms with Gasteiger partial charge in [0, 0.05) is 258 Å². The Hall–Kier alpha value is -9.30. The number of ether oxygens (including phenoxy) is 12. The molecule has 0 bridgehead atoms. The molecule has 15 unspecified atom stereocenters. The van der Waals surface area contributed by atoms with Crippen molar-refractivity contribution in [2.24, 2.45) is 70.9 Å². The van der Waals surface area contributed by atoms with Crippen molar-refractivity contribution in [2.75, 3.05) is 163 Å². The lowest BCUT2D eigenvalue weighted by atomic mass is 9.79. The van der Waals surface area contributed by atoms with E-state index in [1.165, 1.54) is 0 Å². The predicted molar refractivity (Wildman–Crippen MR) is 555 cm³/mol. The second-order valence-corrected chi connectivity index (χ2v) is 33.8. The van der Waals surface area contributed by atoms with E-state index in [9.17, 15) is 30.1 Å². The van der Waals surface area contributed by atoms with Crippen LogP contribution in [-0.2, 0) is 67.1 Å². The average Bonchev–Trinajstić information content (AvgIpc) is 0.655. The van der Waals surface area contributed by atoms with E-state index in [1.807, 2.05) is 13.8 Å². The number of hydrogen-bond acceptors (Lipinski definition) is 24. The van der Waals surface area contributed by atoms with Crippen molar-refractivity contribution in [3.63, 3.8) is 0 Å². The summed E-state index contributed by atoms with van der Waals surface area (Å²) in [6.45, 7) is -21.9. The minimum atomic E-state index is -4.29. The Morgan fingerprint density at radius 2 is 0.688 bits per heavy atom. The molecule has 6 aromatic carbocycles. The summed E-state index contributed by atoms with van der Waals surface area (Å²) in [7, 11) is -34.6. The zero-order valence-electron chi connectivity index (χ0n) is 174. The molecule has 141 heavy (non-hydrogen) atoms. The molecule has 24 nitrogen and oxygen atoms in total. The van der Waals surface area contributed by atoms with Crippen molar-refractivity contribution in [2.45, 2.75) is 253 Å². The number of ketones is 6. The topological polar surface area (TPSA) is 233 Å². The Labute approximate surface area is 978 Å². The van der Waals surface area contributed by atoms with Gasteiger partial charge in [-0.15, -0.1) is 0 Å². The van der Waals surface area contributed by atoms with Crippen molar-refractivity contribution in [1.29, 1.82) is 0 Å². The molecule has 18 rings (SSSR count). The van der Waals surface area contributed by atoms with Crippen molar-refractivity contribution in [1.82, 2.24) is 29.4 Å². The van der Waals surface area contributed by atoms with Gasteiger partial charge in [0.05, 0.1) is 148 Å². The summed E-state index contributed by atoms with van der Waals surface area (Å²) >= 11 is 0. The molecule has 0 radical (unpaired) electrons. The third-order valence-corrected chi connectivity index (χ3v) is 23.2. The third-order valence-electron chi connectivity index (χ3n) is 23.2. The number of methoxy groups -OCH3 is 12. The van der Waals surface area contributed by atoms with Gasteiger partial charge in [0.15, 0.2) is 69.0 Å². The van der Waals surface area contributed by atoms with Gasteiger partial charge in [0.1, 0.15) is 34.7 Å². The average molecular weight is 2040 g/mol. The predicted octanol–water partition coefficient (Wildman–Crippen LogP) is 20.6. The first-order chi connectivity index (χ1) is 105. The van der Waals surface area contributed by atoms with Crippen molar-refractivity contribution < 1.29 is 219 Å². The molecule has 6 saturated heterocycles. The maximum absolute atomic E-state index is 14.0. The Morgan fingerprint density at radius 3 is 1.13 bits per heavy atom. The molecule has 6 fully saturated rings. The van der Waals surface area contributed by atoms with Gasteiger partial charge in [-0.2, -0.15) is 0 Å². The fourth-order valence-corrected chi connectivity index (χ4v) is 16.6. The monoisotopic (exact) mass is 2040 g/mol. The zero-order valence-corrected chi connectivity index (χ0v) is 77.5. The van der Waals surface area contributed by atoms with Gasteiger partial charge in [0.25, 0.3) is 0 Å². The standard InChI is InChI=1S/3C20H29NO3.3C19H27NO3/c3*1-5-13(2)8-15-12-21-7-6-14-9-19(23-3)20(24-4)10-16(14)17(21)11-18(15)22;3*1-12(2)7-14-11-20-6-5-13-8-18(22-3)19(23-4)9-15(13)16(20)10-17(14)21/h3*9-10,13,15,17H,5-8,11-12H2,1-4H3;3*8-9,12,14,16H,5-7,10-11H2,1-4H3/i2D3,3D3,4D3,5D2,8D2,9D,10D,11D2,12D2,13D,15D;2D3,4D3,5D2,6D2,7D2,8D2,9D,10D,13D,17D;2D3,3D3,4D3,5D2,8D2,9D,10D,12D2,13D;3D3,4D3,8D,9D,10D2,11D2,14D;3D3,4D3,5D2,6D2,10D2,14D,16D;3D3,4D3,5D2,6D2,8D,9D,16D. The second kappa shape index (κ2) is 50.0. The van der Waals surface area contributed by atoms with Gasteiger partial charge in [-0.3, -0.25) is 58.2 Å². The van der Waals surface area contributed by atoms with E-state index in [-0.39, 0.29) is 90.9 Å². The highest BCUT2D eigenvalue weighted by Crippen LogP contribution is 2.51. The van der Waals surface area contributed by atoms with Gasteiger partial charge in [0.2, 0.25) is 0 Å². The Bertz CT molecular complexity index is 9930. The number of aryl methyl sites for hydroxylation is 1. The minimum absolute atomic E-state index is 0.0438. The molecule has 0 amide bonds. The maximum atomic E-state index is 14.0. The summed E-state index contributed by atoms with van der Waals surface area (Å²) in [6, 6.07) is -21.4. The Morgan fingerprint density at radius 1 is 0.340 bits per heavy atom. The van der Waals surface area contributed by atoms with E-state index >= 15 is 0 Å². The van der Waals surface area contributed by atoms with Crippen LogP contribution in [0.2, 0.25) is 0 Å². The van der Waals surface area contributed by atoms with Crippen LogP contribution in [0.1, 0.15) is 415 Å². The van der Waals surface area contributed by atoms with Crippen LogP contribution in [0.5, 0.6) is 69.0 Å². The second-order valence-electron chi connectivity index (χ2n) is 33.8. The van der Waals surface area contributed by atoms with E-state index in [4.69, 9.17) is 188 Å². The van der Waals surface area contributed by atoms with Crippen LogP contribution < -0.4 is 56.8 Å². The Balaban J connectivity index is 0.000000225. The lowest BCUT2D eigenvalue weighted by Crippen LogP contribution is -2.46. The van der Waals surface area contributed by atoms with E-state index in [0.29, 0.717) is 54.0 Å². The third kappa shape index (κ3) is 25.6. The molecular weight excluding hydrogens is 1780 g/mol. The Kier molecular flexibility index (Phi) is 13.8. The molecule has 6 aromatic rings. The molecule has 15 atom stereocenters. The SMILES string of the molecule is [2H]C([2H])([2H])Oc1cc2c(cc1OC([2H])([2H])[2H])C1([2H])N(CC([2H])(CC(C)C)C(=O)C1([2H])[2H])C([2H])([2H])C2([2H])[2H].[2H]c1c(OC([2H])([2H])[2H])c(OC([2H])([2H])[2H])c([2H])c2c1C1([2H])CC(=O)C(CC(C)C)CN1C([2H])([2H])C2([2H])[2H].[2H]c1c(OC([2H])([2H])[2H])c(OC)c([2H])c2c1C1([2H])CC(=O)C(C([2H])([2H])C([2H])(C([2H])([2H])[2H])C([2H])([2H])C)CN1C([2H])([2H])C2([2H])[2H].[2H]c1c2c(c([2H])c(OC([2H])([2H])[2H])c1OC([2H])([2H])[2H])C1CC(=O)C(C([2H])([2H])C([2H])(C([2H])([2H])[2H])C([2H])([2H])C)C([2H])([2H])N1CC2.[2H]c1c2c(c([2H])c(OC([2H])([2H])[2H])c1OC([2H])([2H])[2H])C1N(CC2)C([2H])([2H])C([2H])(C([2H])([2H])C([2H])(C([2H])([2H])[2H])C([2H])([2H])C)C(=O)C1([2H])[2H].[2H]c1c2c(c([2H])c(OC([2H])([2H])[2H])c1OC([2H])([2H])[2H])C1N(CC2)C([2H])([2H])C([2H])(CC(C)C)C(=O)C1([2H])[2H]. The van der Waals surface area contributed by atoms with E-state index in [1.54, 1.807) is 27.7 Å². The molecule has 24 heteroatoms. The molecule has 774 valence electrons. The molecule has 12 heterocycles. The zero-order chi connectivity index (χ0) is 186. The van der Waals surface area contributed by atoms with Crippen LogP contribution in [-0.4, -0.2) is 227 Å². The van der Waals surface area contributed by atoms with Crippen LogP contribution in [0.15, 0.2) is 72.6 Å². The van der Waals surface area contributed by atoms with Crippen LogP contribution in [0, 0.1) is 70.9 Å². The quantitative estimate of drug-likeness (QED) is 0.0466. The number of nitrogens with zero attached hydrogens (tertiary/aromatic N) is 6. The largest absolute Gasteiger partial charge is 0.493 e. The molecule has 0 N–H and O–H groups in total. The van der Waals surface area contributed by atoms with E-state index in [2.05, 4.69) is 0 Å². The van der Waals surface area contributed by atoms with Crippen molar-refractivity contribution in [3.05, 3.63) is 139 Å². The lowest BCUT2D eigenvalue weighted by molar-refractivity contribution is -0.130. The number of carbonyl (C=O) groups is 6. The fourth-order valence-electron chi connectivity index (χ4n) is 16.6. The number of benzene rings is 6. The van der Waals surface area contributed by atoms with Crippen molar-refractivity contribution in [3.8, 4) is 69.0 Å². The van der Waals surface area contributed by atoms with Gasteiger partial charge >= 0.3 is 0 Å².